The summed E-state index contributed by atoms with van der Waals surface area (Å²) in [5.41, 5.74) is 0. The Labute approximate surface area is 122 Å². The smallest absolute Gasteiger partial charge is 0.407 e. The van der Waals surface area contributed by atoms with Gasteiger partial charge in [0.25, 0.3) is 0 Å². The molecule has 0 radical (unpaired) electrons. The highest BCUT2D eigenvalue weighted by Crippen LogP contribution is 2.26. The van der Waals surface area contributed by atoms with Crippen molar-refractivity contribution in [2.24, 2.45) is 5.92 Å². The number of ether oxygens (including phenoxy) is 1. The SMILES string of the molecule is O=C(O)N1CCC[C@H](COc2ccc(F)cc2Cl)CC1. The van der Waals surface area contributed by atoms with Crippen molar-refractivity contribution in [2.45, 2.75) is 19.3 Å². The number of rotatable bonds is 3. The van der Waals surface area contributed by atoms with Gasteiger partial charge in [-0.1, -0.05) is 11.6 Å². The minimum absolute atomic E-state index is 0.255. The van der Waals surface area contributed by atoms with Crippen molar-refractivity contribution in [3.05, 3.63) is 29.0 Å². The molecule has 2 rings (SSSR count). The molecule has 1 saturated heterocycles. The molecule has 110 valence electrons. The zero-order valence-electron chi connectivity index (χ0n) is 11.0. The second-order valence-electron chi connectivity index (χ2n) is 4.95. The molecule has 1 N–H and O–H groups in total. The maximum absolute atomic E-state index is 12.9. The molecule has 6 heteroatoms. The first kappa shape index (κ1) is 14.9. The Kier molecular flexibility index (Phi) is 5.06. The first-order valence-corrected chi connectivity index (χ1v) is 7.00. The highest BCUT2D eigenvalue weighted by Gasteiger charge is 2.20. The summed E-state index contributed by atoms with van der Waals surface area (Å²) in [6, 6.07) is 4.04. The van der Waals surface area contributed by atoms with E-state index < -0.39 is 11.9 Å². The number of benzene rings is 1. The molecule has 0 bridgehead atoms. The van der Waals surface area contributed by atoms with Gasteiger partial charge in [0.2, 0.25) is 0 Å². The van der Waals surface area contributed by atoms with E-state index in [0.717, 1.165) is 19.3 Å². The molecule has 1 atom stereocenters. The molecule has 0 aliphatic carbocycles. The monoisotopic (exact) mass is 301 g/mol. The van der Waals surface area contributed by atoms with Gasteiger partial charge in [-0.15, -0.1) is 0 Å². The van der Waals surface area contributed by atoms with Crippen molar-refractivity contribution in [2.75, 3.05) is 19.7 Å². The summed E-state index contributed by atoms with van der Waals surface area (Å²) in [5, 5.41) is 9.22. The molecular formula is C14H17ClFNO3. The lowest BCUT2D eigenvalue weighted by Crippen LogP contribution is -2.30. The number of likely N-dealkylation sites (tertiary alicyclic amines) is 1. The van der Waals surface area contributed by atoms with E-state index in [1.165, 1.54) is 23.1 Å². The summed E-state index contributed by atoms with van der Waals surface area (Å²) in [4.78, 5) is 12.3. The standard InChI is InChI=1S/C14H17ClFNO3/c15-12-8-11(16)3-4-13(12)20-9-10-2-1-6-17(7-5-10)14(18)19/h3-4,8,10H,1-2,5-7,9H2,(H,18,19)/t10-/m0/s1. The van der Waals surface area contributed by atoms with Crippen LogP contribution >= 0.6 is 11.6 Å². The fourth-order valence-corrected chi connectivity index (χ4v) is 2.55. The normalized spacial score (nSPS) is 19.5. The van der Waals surface area contributed by atoms with Crippen LogP contribution in [0.3, 0.4) is 0 Å². The van der Waals surface area contributed by atoms with E-state index >= 15 is 0 Å². The van der Waals surface area contributed by atoms with E-state index in [1.807, 2.05) is 0 Å². The first-order valence-electron chi connectivity index (χ1n) is 6.62. The van der Waals surface area contributed by atoms with Gasteiger partial charge in [-0.3, -0.25) is 0 Å². The number of halogens is 2. The van der Waals surface area contributed by atoms with E-state index in [-0.39, 0.29) is 5.02 Å². The third kappa shape index (κ3) is 4.00. The summed E-state index contributed by atoms with van der Waals surface area (Å²) in [7, 11) is 0. The maximum Gasteiger partial charge on any atom is 0.407 e. The van der Waals surface area contributed by atoms with Crippen LogP contribution in [0, 0.1) is 11.7 Å². The minimum atomic E-state index is -0.867. The Morgan fingerprint density at radius 1 is 1.45 bits per heavy atom. The molecule has 1 aromatic carbocycles. The predicted octanol–water partition coefficient (Wildman–Crippen LogP) is 3.64. The minimum Gasteiger partial charge on any atom is -0.492 e. The van der Waals surface area contributed by atoms with E-state index in [0.29, 0.717) is 31.4 Å². The second-order valence-corrected chi connectivity index (χ2v) is 5.36. The average molecular weight is 302 g/mol. The maximum atomic E-state index is 12.9. The van der Waals surface area contributed by atoms with Gasteiger partial charge < -0.3 is 14.7 Å². The molecule has 20 heavy (non-hydrogen) atoms. The fourth-order valence-electron chi connectivity index (χ4n) is 2.32. The van der Waals surface area contributed by atoms with Gasteiger partial charge >= 0.3 is 6.09 Å². The number of carboxylic acid groups (broad SMARTS) is 1. The van der Waals surface area contributed by atoms with Crippen LogP contribution in [-0.4, -0.2) is 35.8 Å². The van der Waals surface area contributed by atoms with Crippen LogP contribution in [0.25, 0.3) is 0 Å². The molecular weight excluding hydrogens is 285 g/mol. The molecule has 1 aliphatic rings. The lowest BCUT2D eigenvalue weighted by molar-refractivity contribution is 0.145. The van der Waals surface area contributed by atoms with Gasteiger partial charge in [0.05, 0.1) is 11.6 Å². The Hall–Kier alpha value is -1.49. The van der Waals surface area contributed by atoms with Crippen molar-refractivity contribution in [3.8, 4) is 5.75 Å². The van der Waals surface area contributed by atoms with Crippen LogP contribution in [-0.2, 0) is 0 Å². The Balaban J connectivity index is 1.86. The number of nitrogens with zero attached hydrogens (tertiary/aromatic N) is 1. The summed E-state index contributed by atoms with van der Waals surface area (Å²) in [6.45, 7) is 1.57. The van der Waals surface area contributed by atoms with Gasteiger partial charge in [0.1, 0.15) is 11.6 Å². The Bertz CT molecular complexity index is 483. The van der Waals surface area contributed by atoms with Crippen LogP contribution in [0.15, 0.2) is 18.2 Å². The highest BCUT2D eigenvalue weighted by molar-refractivity contribution is 6.32. The summed E-state index contributed by atoms with van der Waals surface area (Å²) in [5.74, 6) is 0.363. The van der Waals surface area contributed by atoms with Crippen molar-refractivity contribution in [3.63, 3.8) is 0 Å². The van der Waals surface area contributed by atoms with Crippen molar-refractivity contribution < 1.29 is 19.0 Å². The van der Waals surface area contributed by atoms with Crippen LogP contribution in [0.4, 0.5) is 9.18 Å². The molecule has 1 heterocycles. The van der Waals surface area contributed by atoms with Crippen LogP contribution in [0.1, 0.15) is 19.3 Å². The van der Waals surface area contributed by atoms with Crippen molar-refractivity contribution in [1.29, 1.82) is 0 Å². The quantitative estimate of drug-likeness (QED) is 0.927. The topological polar surface area (TPSA) is 49.8 Å². The van der Waals surface area contributed by atoms with Gasteiger partial charge in [-0.25, -0.2) is 9.18 Å². The van der Waals surface area contributed by atoms with E-state index in [1.54, 1.807) is 0 Å². The second kappa shape index (κ2) is 6.79. The van der Waals surface area contributed by atoms with E-state index in [2.05, 4.69) is 0 Å². The molecule has 0 unspecified atom stereocenters. The highest BCUT2D eigenvalue weighted by atomic mass is 35.5. The molecule has 1 amide bonds. The Morgan fingerprint density at radius 3 is 2.95 bits per heavy atom. The number of hydrogen-bond acceptors (Lipinski definition) is 2. The third-order valence-electron chi connectivity index (χ3n) is 3.49. The van der Waals surface area contributed by atoms with Crippen LogP contribution < -0.4 is 4.74 Å². The lowest BCUT2D eigenvalue weighted by atomic mass is 10.0. The summed E-state index contributed by atoms with van der Waals surface area (Å²) >= 11 is 5.89. The summed E-state index contributed by atoms with van der Waals surface area (Å²) < 4.78 is 18.5. The molecule has 1 aromatic rings. The lowest BCUT2D eigenvalue weighted by Gasteiger charge is -2.17. The van der Waals surface area contributed by atoms with Crippen LogP contribution in [0.5, 0.6) is 5.75 Å². The molecule has 0 aromatic heterocycles. The fraction of sp³-hybridized carbons (Fsp3) is 0.500. The van der Waals surface area contributed by atoms with Crippen molar-refractivity contribution >= 4 is 17.7 Å². The predicted molar refractivity (Wildman–Crippen MR) is 73.8 cm³/mol. The zero-order valence-corrected chi connectivity index (χ0v) is 11.8. The number of amides is 1. The Morgan fingerprint density at radius 2 is 2.25 bits per heavy atom. The molecule has 4 nitrogen and oxygen atoms in total. The largest absolute Gasteiger partial charge is 0.492 e. The third-order valence-corrected chi connectivity index (χ3v) is 3.78. The average Bonchev–Trinajstić information content (AvgIpc) is 2.63. The van der Waals surface area contributed by atoms with Gasteiger partial charge in [-0.2, -0.15) is 0 Å². The molecule has 1 fully saturated rings. The molecule has 0 spiro atoms. The van der Waals surface area contributed by atoms with Gasteiger partial charge in [0, 0.05) is 13.1 Å². The molecule has 0 saturated carbocycles. The summed E-state index contributed by atoms with van der Waals surface area (Å²) in [6.07, 6.45) is 1.65. The van der Waals surface area contributed by atoms with Crippen LogP contribution in [0.2, 0.25) is 5.02 Å². The van der Waals surface area contributed by atoms with Gasteiger partial charge in [0.15, 0.2) is 0 Å². The van der Waals surface area contributed by atoms with E-state index in [4.69, 9.17) is 21.4 Å². The first-order chi connectivity index (χ1) is 9.56. The zero-order chi connectivity index (χ0) is 14.5. The molecule has 1 aliphatic heterocycles. The van der Waals surface area contributed by atoms with Gasteiger partial charge in [-0.05, 0) is 43.4 Å². The van der Waals surface area contributed by atoms with E-state index in [9.17, 15) is 9.18 Å². The number of hydrogen-bond donors (Lipinski definition) is 1. The van der Waals surface area contributed by atoms with Crippen molar-refractivity contribution in [1.82, 2.24) is 4.90 Å². The number of carbonyl (C=O) groups is 1.